The van der Waals surface area contributed by atoms with E-state index in [1.807, 2.05) is 59.3 Å². The van der Waals surface area contributed by atoms with Gasteiger partial charge in [0, 0.05) is 11.2 Å². The van der Waals surface area contributed by atoms with Gasteiger partial charge in [0.25, 0.3) is 5.89 Å². The van der Waals surface area contributed by atoms with E-state index in [0.29, 0.717) is 5.82 Å². The fourth-order valence-corrected chi connectivity index (χ4v) is 3.34. The summed E-state index contributed by atoms with van der Waals surface area (Å²) in [7, 11) is 0. The number of ether oxygens (including phenoxy) is 1. The molecule has 0 N–H and O–H groups in total. The van der Waals surface area contributed by atoms with Crippen molar-refractivity contribution in [1.82, 2.24) is 14.7 Å². The molecule has 3 heterocycles. The summed E-state index contributed by atoms with van der Waals surface area (Å²) in [5.74, 6) is 0.444. The Morgan fingerprint density at radius 2 is 2.16 bits per heavy atom. The Hall–Kier alpha value is -2.93. The molecule has 6 nitrogen and oxygen atoms in total. The normalized spacial score (nSPS) is 11.1. The zero-order valence-corrected chi connectivity index (χ0v) is 14.3. The standard InChI is InChI=1S/C18H15N3O3S/c1-12-9-13-5-2-3-6-14(13)21(12)10-17(22)23-11-16-19-18(20-24-16)15-7-4-8-25-15/h2-9H,10-11H2,1H3. The largest absolute Gasteiger partial charge is 0.454 e. The SMILES string of the molecule is Cc1cc2ccccc2n1CC(=O)OCc1nc(-c2cccs2)no1. The van der Waals surface area contributed by atoms with Crippen LogP contribution in [0.15, 0.2) is 52.4 Å². The van der Waals surface area contributed by atoms with Crippen LogP contribution in [0.5, 0.6) is 0 Å². The number of aromatic nitrogens is 3. The second-order valence-electron chi connectivity index (χ2n) is 5.58. The molecule has 0 atom stereocenters. The summed E-state index contributed by atoms with van der Waals surface area (Å²) in [6.07, 6.45) is 0. The summed E-state index contributed by atoms with van der Waals surface area (Å²) in [6.45, 7) is 2.08. The average molecular weight is 353 g/mol. The lowest BCUT2D eigenvalue weighted by Gasteiger charge is -2.07. The Balaban J connectivity index is 1.42. The summed E-state index contributed by atoms with van der Waals surface area (Å²) < 4.78 is 12.3. The van der Waals surface area contributed by atoms with E-state index in [9.17, 15) is 4.79 Å². The van der Waals surface area contributed by atoms with E-state index in [-0.39, 0.29) is 25.0 Å². The van der Waals surface area contributed by atoms with Crippen LogP contribution in [0.4, 0.5) is 0 Å². The van der Waals surface area contributed by atoms with Gasteiger partial charge in [-0.05, 0) is 35.9 Å². The third kappa shape index (κ3) is 3.18. The Morgan fingerprint density at radius 1 is 1.28 bits per heavy atom. The predicted octanol–water partition coefficient (Wildman–Crippen LogP) is 3.80. The summed E-state index contributed by atoms with van der Waals surface area (Å²) in [5.41, 5.74) is 2.02. The molecule has 0 aliphatic carbocycles. The number of carbonyl (C=O) groups excluding carboxylic acids is 1. The zero-order chi connectivity index (χ0) is 17.2. The Kier molecular flexibility index (Phi) is 4.07. The van der Waals surface area contributed by atoms with Crippen molar-refractivity contribution in [2.24, 2.45) is 0 Å². The molecule has 4 rings (SSSR count). The number of nitrogens with zero attached hydrogens (tertiary/aromatic N) is 3. The van der Waals surface area contributed by atoms with Crippen LogP contribution in [0.25, 0.3) is 21.6 Å². The van der Waals surface area contributed by atoms with Crippen molar-refractivity contribution in [2.45, 2.75) is 20.1 Å². The smallest absolute Gasteiger partial charge is 0.326 e. The first-order chi connectivity index (χ1) is 12.2. The molecular weight excluding hydrogens is 338 g/mol. The quantitative estimate of drug-likeness (QED) is 0.510. The first-order valence-corrected chi connectivity index (χ1v) is 8.65. The first kappa shape index (κ1) is 15.6. The Bertz CT molecular complexity index is 1020. The van der Waals surface area contributed by atoms with Crippen molar-refractivity contribution in [3.63, 3.8) is 0 Å². The van der Waals surface area contributed by atoms with Crippen LogP contribution >= 0.6 is 11.3 Å². The van der Waals surface area contributed by atoms with E-state index < -0.39 is 0 Å². The molecule has 0 bridgehead atoms. The molecule has 0 unspecified atom stereocenters. The van der Waals surface area contributed by atoms with Crippen molar-refractivity contribution in [2.75, 3.05) is 0 Å². The maximum atomic E-state index is 12.2. The zero-order valence-electron chi connectivity index (χ0n) is 13.5. The highest BCUT2D eigenvalue weighted by Crippen LogP contribution is 2.22. The molecule has 0 saturated carbocycles. The van der Waals surface area contributed by atoms with E-state index in [0.717, 1.165) is 21.5 Å². The van der Waals surface area contributed by atoms with E-state index in [4.69, 9.17) is 9.26 Å². The third-order valence-electron chi connectivity index (χ3n) is 3.87. The lowest BCUT2D eigenvalue weighted by Crippen LogP contribution is -2.14. The molecule has 0 aliphatic heterocycles. The van der Waals surface area contributed by atoms with Gasteiger partial charge in [-0.3, -0.25) is 4.79 Å². The van der Waals surface area contributed by atoms with Crippen molar-refractivity contribution < 1.29 is 14.1 Å². The van der Waals surface area contributed by atoms with Crippen LogP contribution in [-0.2, 0) is 22.7 Å². The molecule has 4 aromatic rings. The number of benzene rings is 1. The number of para-hydroxylation sites is 1. The van der Waals surface area contributed by atoms with Crippen LogP contribution in [0.1, 0.15) is 11.6 Å². The van der Waals surface area contributed by atoms with Crippen LogP contribution in [-0.4, -0.2) is 20.7 Å². The maximum Gasteiger partial charge on any atom is 0.326 e. The van der Waals surface area contributed by atoms with Crippen LogP contribution in [0, 0.1) is 6.92 Å². The molecule has 126 valence electrons. The van der Waals surface area contributed by atoms with Gasteiger partial charge in [0.1, 0.15) is 6.54 Å². The Labute approximate surface area is 147 Å². The van der Waals surface area contributed by atoms with Gasteiger partial charge in [0.05, 0.1) is 4.88 Å². The topological polar surface area (TPSA) is 70.2 Å². The minimum atomic E-state index is -0.347. The lowest BCUT2D eigenvalue weighted by atomic mass is 10.2. The van der Waals surface area contributed by atoms with E-state index in [2.05, 4.69) is 10.1 Å². The maximum absolute atomic E-state index is 12.2. The molecular formula is C18H15N3O3S. The minimum Gasteiger partial charge on any atom is -0.454 e. The van der Waals surface area contributed by atoms with Gasteiger partial charge in [-0.25, -0.2) is 0 Å². The fourth-order valence-electron chi connectivity index (χ4n) is 2.69. The monoisotopic (exact) mass is 353 g/mol. The van der Waals surface area contributed by atoms with E-state index in [1.165, 1.54) is 11.3 Å². The number of aryl methyl sites for hydroxylation is 1. The van der Waals surface area contributed by atoms with Gasteiger partial charge in [-0.2, -0.15) is 4.98 Å². The highest BCUT2D eigenvalue weighted by atomic mass is 32.1. The lowest BCUT2D eigenvalue weighted by molar-refractivity contribution is -0.146. The third-order valence-corrected chi connectivity index (χ3v) is 4.74. The first-order valence-electron chi connectivity index (χ1n) is 7.77. The molecule has 0 amide bonds. The highest BCUT2D eigenvalue weighted by molar-refractivity contribution is 7.13. The number of rotatable bonds is 5. The Morgan fingerprint density at radius 3 is 3.00 bits per heavy atom. The number of hydrogen-bond donors (Lipinski definition) is 0. The van der Waals surface area contributed by atoms with Crippen molar-refractivity contribution in [3.8, 4) is 10.7 Å². The number of thiophene rings is 1. The molecule has 0 spiro atoms. The summed E-state index contributed by atoms with van der Waals surface area (Å²) in [5, 5.41) is 6.94. The van der Waals surface area contributed by atoms with Gasteiger partial charge in [0.15, 0.2) is 6.61 Å². The van der Waals surface area contributed by atoms with Gasteiger partial charge < -0.3 is 13.8 Å². The molecule has 25 heavy (non-hydrogen) atoms. The number of carbonyl (C=O) groups is 1. The van der Waals surface area contributed by atoms with Crippen LogP contribution < -0.4 is 0 Å². The molecule has 0 radical (unpaired) electrons. The molecule has 0 fully saturated rings. The molecule has 0 saturated heterocycles. The average Bonchev–Trinajstić information content (AvgIpc) is 3.33. The second kappa shape index (κ2) is 6.52. The fraction of sp³-hybridized carbons (Fsp3) is 0.167. The van der Waals surface area contributed by atoms with Crippen molar-refractivity contribution in [3.05, 3.63) is 59.4 Å². The van der Waals surface area contributed by atoms with E-state index >= 15 is 0 Å². The number of fused-ring (bicyclic) bond motifs is 1. The molecule has 3 aromatic heterocycles. The van der Waals surface area contributed by atoms with Crippen LogP contribution in [0.2, 0.25) is 0 Å². The van der Waals surface area contributed by atoms with Gasteiger partial charge in [-0.15, -0.1) is 11.3 Å². The summed E-state index contributed by atoms with van der Waals surface area (Å²) >= 11 is 1.52. The van der Waals surface area contributed by atoms with Crippen LogP contribution in [0.3, 0.4) is 0 Å². The number of hydrogen-bond acceptors (Lipinski definition) is 6. The minimum absolute atomic E-state index is 0.0323. The predicted molar refractivity (Wildman–Crippen MR) is 94.1 cm³/mol. The number of esters is 1. The van der Waals surface area contributed by atoms with Crippen molar-refractivity contribution in [1.29, 1.82) is 0 Å². The molecule has 7 heteroatoms. The van der Waals surface area contributed by atoms with Gasteiger partial charge in [-0.1, -0.05) is 29.4 Å². The van der Waals surface area contributed by atoms with Gasteiger partial charge in [0.2, 0.25) is 5.82 Å². The van der Waals surface area contributed by atoms with Crippen molar-refractivity contribution >= 4 is 28.2 Å². The molecule has 0 aliphatic rings. The van der Waals surface area contributed by atoms with Gasteiger partial charge >= 0.3 is 5.97 Å². The van der Waals surface area contributed by atoms with E-state index in [1.54, 1.807) is 0 Å². The summed E-state index contributed by atoms with van der Waals surface area (Å²) in [6, 6.07) is 13.8. The second-order valence-corrected chi connectivity index (χ2v) is 6.53. The summed E-state index contributed by atoms with van der Waals surface area (Å²) in [4.78, 5) is 17.3. The molecule has 1 aromatic carbocycles. The highest BCUT2D eigenvalue weighted by Gasteiger charge is 2.14.